The van der Waals surface area contributed by atoms with Crippen LogP contribution in [0.3, 0.4) is 0 Å². The van der Waals surface area contributed by atoms with E-state index in [0.717, 1.165) is 11.1 Å². The van der Waals surface area contributed by atoms with E-state index in [1.165, 1.54) is 17.0 Å². The van der Waals surface area contributed by atoms with E-state index >= 15 is 0 Å². The maximum absolute atomic E-state index is 14.1. The van der Waals surface area contributed by atoms with E-state index in [9.17, 15) is 19.5 Å². The van der Waals surface area contributed by atoms with E-state index in [1.807, 2.05) is 58.0 Å². The SMILES string of the molecule is CC[C@H](C)[C@H](N)C(=O)N[C@@H](Cc1ccc(O)cc1)C(=O)N(Cc1ccccc1)[C@H](C(N)=O)[C@@H](C)CC.Cl. The van der Waals surface area contributed by atoms with Crippen LogP contribution in [0.5, 0.6) is 5.75 Å². The average Bonchev–Trinajstić information content (AvgIpc) is 2.87. The number of nitrogens with zero attached hydrogens (tertiary/aromatic N) is 1. The number of phenols is 1. The number of rotatable bonds is 13. The highest BCUT2D eigenvalue weighted by Gasteiger charge is 2.37. The van der Waals surface area contributed by atoms with Gasteiger partial charge in [-0.3, -0.25) is 14.4 Å². The second-order valence-corrected chi connectivity index (χ2v) is 9.53. The van der Waals surface area contributed by atoms with E-state index < -0.39 is 35.8 Å². The van der Waals surface area contributed by atoms with E-state index in [4.69, 9.17) is 11.5 Å². The highest BCUT2D eigenvalue weighted by atomic mass is 35.5. The van der Waals surface area contributed by atoms with Gasteiger partial charge >= 0.3 is 0 Å². The number of nitrogens with two attached hydrogens (primary N) is 2. The molecule has 8 nitrogen and oxygen atoms in total. The number of carbonyl (C=O) groups is 3. The predicted octanol–water partition coefficient (Wildman–Crippen LogP) is 3.14. The highest BCUT2D eigenvalue weighted by Crippen LogP contribution is 2.21. The quantitative estimate of drug-likeness (QED) is 0.314. The van der Waals surface area contributed by atoms with Gasteiger partial charge in [-0.25, -0.2) is 0 Å². The van der Waals surface area contributed by atoms with Crippen molar-refractivity contribution in [1.82, 2.24) is 10.2 Å². The van der Waals surface area contributed by atoms with Crippen LogP contribution >= 0.6 is 12.4 Å². The van der Waals surface area contributed by atoms with Gasteiger partial charge in [0.1, 0.15) is 17.8 Å². The summed E-state index contributed by atoms with van der Waals surface area (Å²) in [7, 11) is 0. The van der Waals surface area contributed by atoms with Gasteiger partial charge in [-0.15, -0.1) is 12.4 Å². The van der Waals surface area contributed by atoms with Crippen molar-refractivity contribution in [3.63, 3.8) is 0 Å². The molecule has 0 saturated heterocycles. The zero-order valence-electron chi connectivity index (χ0n) is 22.1. The van der Waals surface area contributed by atoms with Crippen LogP contribution in [0.15, 0.2) is 54.6 Å². The van der Waals surface area contributed by atoms with Gasteiger partial charge in [-0.2, -0.15) is 0 Å². The smallest absolute Gasteiger partial charge is 0.246 e. The lowest BCUT2D eigenvalue weighted by molar-refractivity contribution is -0.145. The fourth-order valence-electron chi connectivity index (χ4n) is 4.11. The molecule has 204 valence electrons. The molecule has 0 aromatic heterocycles. The average molecular weight is 533 g/mol. The molecule has 3 amide bonds. The first-order chi connectivity index (χ1) is 17.1. The van der Waals surface area contributed by atoms with Crippen molar-refractivity contribution < 1.29 is 19.5 Å². The minimum Gasteiger partial charge on any atom is -0.508 e. The summed E-state index contributed by atoms with van der Waals surface area (Å²) in [6, 6.07) is 13.2. The molecule has 37 heavy (non-hydrogen) atoms. The van der Waals surface area contributed by atoms with Crippen LogP contribution < -0.4 is 16.8 Å². The Morgan fingerprint density at radius 2 is 1.49 bits per heavy atom. The number of hydrogen-bond donors (Lipinski definition) is 4. The number of hydrogen-bond acceptors (Lipinski definition) is 5. The van der Waals surface area contributed by atoms with Crippen LogP contribution in [0.2, 0.25) is 0 Å². The van der Waals surface area contributed by atoms with E-state index in [1.54, 1.807) is 12.1 Å². The van der Waals surface area contributed by atoms with Gasteiger partial charge < -0.3 is 26.8 Å². The molecule has 2 rings (SSSR count). The van der Waals surface area contributed by atoms with Gasteiger partial charge in [-0.05, 0) is 35.1 Å². The Balaban J connectivity index is 0.00000684. The normalized spacial score (nSPS) is 14.8. The summed E-state index contributed by atoms with van der Waals surface area (Å²) in [5, 5.41) is 12.5. The monoisotopic (exact) mass is 532 g/mol. The highest BCUT2D eigenvalue weighted by molar-refractivity contribution is 5.93. The number of halogens is 1. The Bertz CT molecular complexity index is 1000. The summed E-state index contributed by atoms with van der Waals surface area (Å²) in [5.41, 5.74) is 13.6. The molecule has 0 aliphatic rings. The van der Waals surface area contributed by atoms with E-state index in [2.05, 4.69) is 5.32 Å². The first-order valence-electron chi connectivity index (χ1n) is 12.6. The fraction of sp³-hybridized carbons (Fsp3) is 0.464. The first kappa shape index (κ1) is 31.9. The number of primary amides is 1. The number of benzene rings is 2. The minimum absolute atomic E-state index is 0. The molecule has 0 aliphatic carbocycles. The Hall–Kier alpha value is -3.10. The van der Waals surface area contributed by atoms with Crippen molar-refractivity contribution in [2.45, 2.75) is 71.6 Å². The third kappa shape index (κ3) is 9.05. The third-order valence-corrected chi connectivity index (χ3v) is 6.84. The van der Waals surface area contributed by atoms with E-state index in [-0.39, 0.29) is 43.0 Å². The standard InChI is InChI=1S/C28H40N4O4.ClH/c1-5-18(3)24(29)27(35)31-23(16-20-12-14-22(33)15-13-20)28(36)32(17-21-10-8-7-9-11-21)25(26(30)34)19(4)6-2;/h7-15,18-19,23-25,33H,5-6,16-17,29H2,1-4H3,(H2,30,34)(H,31,35);1H/t18-,19-,23-,24-,25-;/m0./s1. The van der Waals surface area contributed by atoms with Crippen molar-refractivity contribution in [2.24, 2.45) is 23.3 Å². The van der Waals surface area contributed by atoms with Crippen LogP contribution in [-0.2, 0) is 27.3 Å². The topological polar surface area (TPSA) is 139 Å². The Kier molecular flexibility index (Phi) is 13.1. The Morgan fingerprint density at radius 1 is 0.919 bits per heavy atom. The van der Waals surface area contributed by atoms with Crippen LogP contribution in [0.25, 0.3) is 0 Å². The van der Waals surface area contributed by atoms with Crippen molar-refractivity contribution in [3.05, 3.63) is 65.7 Å². The summed E-state index contributed by atoms with van der Waals surface area (Å²) >= 11 is 0. The maximum atomic E-state index is 14.1. The number of carbonyl (C=O) groups excluding carboxylic acids is 3. The molecule has 6 N–H and O–H groups in total. The summed E-state index contributed by atoms with van der Waals surface area (Å²) < 4.78 is 0. The Labute approximate surface area is 226 Å². The number of aromatic hydroxyl groups is 1. The summed E-state index contributed by atoms with van der Waals surface area (Å²) in [5.74, 6) is -1.61. The van der Waals surface area contributed by atoms with Crippen molar-refractivity contribution in [1.29, 1.82) is 0 Å². The van der Waals surface area contributed by atoms with Gasteiger partial charge in [0.25, 0.3) is 0 Å². The number of phenolic OH excluding ortho intramolecular Hbond substituents is 1. The molecule has 0 bridgehead atoms. The second kappa shape index (κ2) is 15.2. The van der Waals surface area contributed by atoms with Gasteiger partial charge in [-0.1, -0.05) is 83.0 Å². The van der Waals surface area contributed by atoms with E-state index in [0.29, 0.717) is 12.8 Å². The van der Waals surface area contributed by atoms with Crippen molar-refractivity contribution in [3.8, 4) is 5.75 Å². The maximum Gasteiger partial charge on any atom is 0.246 e. The third-order valence-electron chi connectivity index (χ3n) is 6.84. The van der Waals surface area contributed by atoms with Crippen LogP contribution in [0, 0.1) is 11.8 Å². The predicted molar refractivity (Wildman–Crippen MR) is 148 cm³/mol. The lowest BCUT2D eigenvalue weighted by Crippen LogP contribution is -2.59. The molecule has 5 atom stereocenters. The largest absolute Gasteiger partial charge is 0.508 e. The number of amides is 3. The molecule has 0 unspecified atom stereocenters. The molecule has 0 spiro atoms. The molecular weight excluding hydrogens is 492 g/mol. The van der Waals surface area contributed by atoms with Crippen LogP contribution in [-0.4, -0.2) is 45.9 Å². The summed E-state index contributed by atoms with van der Waals surface area (Å²) in [6.07, 6.45) is 1.51. The minimum atomic E-state index is -0.980. The molecule has 2 aromatic rings. The lowest BCUT2D eigenvalue weighted by Gasteiger charge is -2.36. The zero-order valence-corrected chi connectivity index (χ0v) is 22.9. The Morgan fingerprint density at radius 3 is 2.00 bits per heavy atom. The molecular formula is C28H41ClN4O4. The number of nitrogens with one attached hydrogen (secondary N) is 1. The van der Waals surface area contributed by atoms with Gasteiger partial charge in [0.05, 0.1) is 6.04 Å². The molecule has 0 fully saturated rings. The van der Waals surface area contributed by atoms with Gasteiger partial charge in [0, 0.05) is 13.0 Å². The lowest BCUT2D eigenvalue weighted by atomic mass is 9.94. The zero-order chi connectivity index (χ0) is 26.8. The molecule has 9 heteroatoms. The molecule has 2 aromatic carbocycles. The fourth-order valence-corrected chi connectivity index (χ4v) is 4.11. The summed E-state index contributed by atoms with van der Waals surface area (Å²) in [4.78, 5) is 41.2. The van der Waals surface area contributed by atoms with Crippen molar-refractivity contribution >= 4 is 30.1 Å². The summed E-state index contributed by atoms with van der Waals surface area (Å²) in [6.45, 7) is 7.81. The first-order valence-corrected chi connectivity index (χ1v) is 12.6. The van der Waals surface area contributed by atoms with Crippen LogP contribution in [0.4, 0.5) is 0 Å². The molecule has 0 aliphatic heterocycles. The molecule has 0 radical (unpaired) electrons. The molecule has 0 saturated carbocycles. The van der Waals surface area contributed by atoms with Gasteiger partial charge in [0.2, 0.25) is 17.7 Å². The van der Waals surface area contributed by atoms with Crippen LogP contribution in [0.1, 0.15) is 51.7 Å². The van der Waals surface area contributed by atoms with Gasteiger partial charge in [0.15, 0.2) is 0 Å². The second-order valence-electron chi connectivity index (χ2n) is 9.53. The molecule has 0 heterocycles. The van der Waals surface area contributed by atoms with Crippen molar-refractivity contribution in [2.75, 3.05) is 0 Å².